The highest BCUT2D eigenvalue weighted by atomic mass is 32.2. The number of ether oxygens (including phenoxy) is 1. The van der Waals surface area contributed by atoms with Crippen LogP contribution in [0.15, 0.2) is 52.4 Å². The molecule has 0 aliphatic carbocycles. The summed E-state index contributed by atoms with van der Waals surface area (Å²) in [6, 6.07) is 13.6. The predicted octanol–water partition coefficient (Wildman–Crippen LogP) is 4.58. The summed E-state index contributed by atoms with van der Waals surface area (Å²) in [6.45, 7) is 8.58. The summed E-state index contributed by atoms with van der Waals surface area (Å²) in [5.41, 5.74) is 2.80. The third-order valence-corrected chi connectivity index (χ3v) is 5.91. The Bertz CT molecular complexity index is 1280. The number of benzene rings is 2. The van der Waals surface area contributed by atoms with Crippen LogP contribution in [0.3, 0.4) is 0 Å². The van der Waals surface area contributed by atoms with Gasteiger partial charge >= 0.3 is 0 Å². The molecule has 1 N–H and O–H groups in total. The molecule has 0 fully saturated rings. The van der Waals surface area contributed by atoms with Crippen LogP contribution in [-0.2, 0) is 12.4 Å². The van der Waals surface area contributed by atoms with E-state index in [0.29, 0.717) is 29.1 Å². The van der Waals surface area contributed by atoms with Gasteiger partial charge in [0.25, 0.3) is 5.56 Å². The van der Waals surface area contributed by atoms with Crippen LogP contribution in [0, 0.1) is 13.8 Å². The lowest BCUT2D eigenvalue weighted by atomic mass is 10.1. The van der Waals surface area contributed by atoms with Gasteiger partial charge in [0.2, 0.25) is 0 Å². The molecule has 0 amide bonds. The van der Waals surface area contributed by atoms with Crippen molar-refractivity contribution >= 4 is 22.7 Å². The van der Waals surface area contributed by atoms with Gasteiger partial charge in [-0.2, -0.15) is 0 Å². The number of aryl methyl sites for hydroxylation is 2. The Hall–Kier alpha value is -3.13. The van der Waals surface area contributed by atoms with Gasteiger partial charge in [-0.15, -0.1) is 10.2 Å². The zero-order valence-corrected chi connectivity index (χ0v) is 18.9. The van der Waals surface area contributed by atoms with E-state index in [1.807, 2.05) is 38.1 Å². The van der Waals surface area contributed by atoms with Crippen LogP contribution in [0.2, 0.25) is 0 Å². The molecule has 2 heterocycles. The van der Waals surface area contributed by atoms with E-state index in [0.717, 1.165) is 27.9 Å². The van der Waals surface area contributed by atoms with Crippen molar-refractivity contribution in [2.45, 2.75) is 51.3 Å². The lowest BCUT2D eigenvalue weighted by Gasteiger charge is -2.15. The van der Waals surface area contributed by atoms with Crippen molar-refractivity contribution < 1.29 is 4.74 Å². The molecule has 0 unspecified atom stereocenters. The van der Waals surface area contributed by atoms with Gasteiger partial charge in [-0.25, -0.2) is 4.98 Å². The van der Waals surface area contributed by atoms with E-state index in [4.69, 9.17) is 4.74 Å². The molecule has 4 aromatic rings. The molecule has 7 nitrogen and oxygen atoms in total. The zero-order chi connectivity index (χ0) is 22.0. The number of hydrogen-bond acceptors (Lipinski definition) is 6. The molecule has 0 saturated heterocycles. The number of H-pyrrole nitrogens is 1. The van der Waals surface area contributed by atoms with E-state index in [-0.39, 0.29) is 11.6 Å². The Morgan fingerprint density at radius 1 is 1.13 bits per heavy atom. The number of aromatic amines is 1. The summed E-state index contributed by atoms with van der Waals surface area (Å²) in [6.07, 6.45) is 0. The van der Waals surface area contributed by atoms with Gasteiger partial charge in [-0.1, -0.05) is 36.0 Å². The molecular formula is C23H25N5O2S. The van der Waals surface area contributed by atoms with Gasteiger partial charge in [0.15, 0.2) is 11.0 Å². The molecule has 160 valence electrons. The van der Waals surface area contributed by atoms with E-state index in [1.165, 1.54) is 11.8 Å². The molecule has 8 heteroatoms. The minimum absolute atomic E-state index is 0.130. The van der Waals surface area contributed by atoms with Crippen molar-refractivity contribution in [2.75, 3.05) is 0 Å². The van der Waals surface area contributed by atoms with E-state index in [2.05, 4.69) is 50.7 Å². The maximum atomic E-state index is 12.3. The first-order valence-corrected chi connectivity index (χ1v) is 11.2. The second-order valence-corrected chi connectivity index (χ2v) is 8.68. The first kappa shape index (κ1) is 21.1. The summed E-state index contributed by atoms with van der Waals surface area (Å²) < 4.78 is 8.11. The van der Waals surface area contributed by atoms with Crippen LogP contribution < -0.4 is 10.3 Å². The highest BCUT2D eigenvalue weighted by molar-refractivity contribution is 7.98. The molecule has 0 aliphatic rings. The summed E-state index contributed by atoms with van der Waals surface area (Å²) in [5.74, 6) is 2.71. The van der Waals surface area contributed by atoms with Crippen molar-refractivity contribution in [3.05, 3.63) is 75.6 Å². The van der Waals surface area contributed by atoms with Gasteiger partial charge in [-0.05, 0) is 57.0 Å². The maximum Gasteiger partial charge on any atom is 0.258 e. The topological polar surface area (TPSA) is 85.7 Å². The highest BCUT2D eigenvalue weighted by Gasteiger charge is 2.17. The van der Waals surface area contributed by atoms with Gasteiger partial charge in [-0.3, -0.25) is 4.79 Å². The van der Waals surface area contributed by atoms with E-state index >= 15 is 0 Å². The molecule has 4 rings (SSSR count). The second kappa shape index (κ2) is 8.93. The molecule has 0 bridgehead atoms. The lowest BCUT2D eigenvalue weighted by molar-refractivity contribution is 0.282. The Labute approximate surface area is 184 Å². The number of nitrogens with one attached hydrogen (secondary N) is 1. The van der Waals surface area contributed by atoms with Crippen LogP contribution in [0.25, 0.3) is 10.9 Å². The molecule has 0 atom stereocenters. The van der Waals surface area contributed by atoms with Crippen LogP contribution in [0.5, 0.6) is 5.75 Å². The van der Waals surface area contributed by atoms with Gasteiger partial charge in [0.1, 0.15) is 18.2 Å². The summed E-state index contributed by atoms with van der Waals surface area (Å²) in [5, 5.41) is 10.1. The number of hydrogen-bond donors (Lipinski definition) is 1. The number of fused-ring (bicyclic) bond motifs is 1. The van der Waals surface area contributed by atoms with Crippen molar-refractivity contribution in [1.82, 2.24) is 24.7 Å². The monoisotopic (exact) mass is 435 g/mol. The minimum atomic E-state index is -0.130. The van der Waals surface area contributed by atoms with Crippen LogP contribution in [0.1, 0.15) is 42.7 Å². The van der Waals surface area contributed by atoms with Crippen molar-refractivity contribution in [2.24, 2.45) is 0 Å². The Morgan fingerprint density at radius 2 is 1.94 bits per heavy atom. The summed E-state index contributed by atoms with van der Waals surface area (Å²) in [4.78, 5) is 19.7. The Kier molecular flexibility index (Phi) is 6.08. The number of thioether (sulfide) groups is 1. The zero-order valence-electron chi connectivity index (χ0n) is 18.0. The number of nitrogens with zero attached hydrogens (tertiary/aromatic N) is 4. The quantitative estimate of drug-likeness (QED) is 0.428. The van der Waals surface area contributed by atoms with Crippen molar-refractivity contribution in [3.63, 3.8) is 0 Å². The molecule has 0 aliphatic heterocycles. The third kappa shape index (κ3) is 4.64. The van der Waals surface area contributed by atoms with Crippen LogP contribution in [-0.4, -0.2) is 24.7 Å². The lowest BCUT2D eigenvalue weighted by Crippen LogP contribution is -2.12. The number of rotatable bonds is 7. The fraction of sp³-hybridized carbons (Fsp3) is 0.304. The van der Waals surface area contributed by atoms with Gasteiger partial charge in [0, 0.05) is 6.04 Å². The minimum Gasteiger partial charge on any atom is -0.485 e. The van der Waals surface area contributed by atoms with Crippen LogP contribution in [0.4, 0.5) is 0 Å². The fourth-order valence-corrected chi connectivity index (χ4v) is 4.32. The standard InChI is InChI=1S/C23H25N5O2S/c1-14(2)28-21(12-30-19-11-15(3)9-10-16(19)4)26-27-23(28)31-13-20-24-18-8-6-5-7-17(18)22(29)25-20/h5-11,14H,12-13H2,1-4H3,(H,24,25,29). The third-order valence-electron chi connectivity index (χ3n) is 4.95. The molecule has 0 radical (unpaired) electrons. The maximum absolute atomic E-state index is 12.3. The first-order valence-electron chi connectivity index (χ1n) is 10.2. The van der Waals surface area contributed by atoms with E-state index in [1.54, 1.807) is 6.07 Å². The normalized spacial score (nSPS) is 11.4. The Balaban J connectivity index is 1.52. The fourth-order valence-electron chi connectivity index (χ4n) is 3.36. The average Bonchev–Trinajstić information content (AvgIpc) is 3.16. The van der Waals surface area contributed by atoms with E-state index < -0.39 is 0 Å². The number of aromatic nitrogens is 5. The van der Waals surface area contributed by atoms with Crippen molar-refractivity contribution in [1.29, 1.82) is 0 Å². The Morgan fingerprint density at radius 3 is 2.74 bits per heavy atom. The summed E-state index contributed by atoms with van der Waals surface area (Å²) in [7, 11) is 0. The molecule has 0 spiro atoms. The largest absolute Gasteiger partial charge is 0.485 e. The van der Waals surface area contributed by atoms with Gasteiger partial charge in [0.05, 0.1) is 16.7 Å². The average molecular weight is 436 g/mol. The SMILES string of the molecule is Cc1ccc(C)c(OCc2nnc(SCc3nc4ccccc4c(=O)[nH]3)n2C(C)C)c1. The number of para-hydroxylation sites is 1. The first-order chi connectivity index (χ1) is 14.9. The van der Waals surface area contributed by atoms with Crippen molar-refractivity contribution in [3.8, 4) is 5.75 Å². The van der Waals surface area contributed by atoms with Crippen LogP contribution >= 0.6 is 11.8 Å². The molecule has 31 heavy (non-hydrogen) atoms. The predicted molar refractivity (Wildman–Crippen MR) is 123 cm³/mol. The smallest absolute Gasteiger partial charge is 0.258 e. The summed E-state index contributed by atoms with van der Waals surface area (Å²) >= 11 is 1.49. The molecular weight excluding hydrogens is 410 g/mol. The van der Waals surface area contributed by atoms with E-state index in [9.17, 15) is 4.79 Å². The molecule has 2 aromatic heterocycles. The second-order valence-electron chi connectivity index (χ2n) is 7.74. The van der Waals surface area contributed by atoms with Gasteiger partial charge < -0.3 is 14.3 Å². The molecule has 2 aromatic carbocycles. The highest BCUT2D eigenvalue weighted by Crippen LogP contribution is 2.26. The molecule has 0 saturated carbocycles.